The van der Waals surface area contributed by atoms with E-state index < -0.39 is 0 Å². The molecular formula is C22H21NO3. The molecule has 132 valence electrons. The van der Waals surface area contributed by atoms with E-state index in [0.29, 0.717) is 11.3 Å². The number of amides is 1. The van der Waals surface area contributed by atoms with Crippen molar-refractivity contribution in [3.63, 3.8) is 0 Å². The first-order valence-electron chi connectivity index (χ1n) is 8.43. The Morgan fingerprint density at radius 1 is 1.04 bits per heavy atom. The molecule has 2 aromatic carbocycles. The fourth-order valence-electron chi connectivity index (χ4n) is 2.66. The third kappa shape index (κ3) is 4.22. The minimum absolute atomic E-state index is 0.142. The van der Waals surface area contributed by atoms with Crippen LogP contribution in [0.2, 0.25) is 0 Å². The molecule has 4 nitrogen and oxygen atoms in total. The molecule has 1 amide bonds. The molecule has 0 radical (unpaired) electrons. The van der Waals surface area contributed by atoms with Gasteiger partial charge in [0.15, 0.2) is 0 Å². The quantitative estimate of drug-likeness (QED) is 0.657. The number of hydrogen-bond donors (Lipinski definition) is 1. The fourth-order valence-corrected chi connectivity index (χ4v) is 2.66. The molecule has 0 aliphatic rings. The largest absolute Gasteiger partial charge is 0.497 e. The summed E-state index contributed by atoms with van der Waals surface area (Å²) in [5.74, 6) is 1.27. The van der Waals surface area contributed by atoms with Gasteiger partial charge in [-0.1, -0.05) is 42.5 Å². The Hall–Kier alpha value is -3.27. The van der Waals surface area contributed by atoms with Crippen molar-refractivity contribution in [2.75, 3.05) is 7.11 Å². The Morgan fingerprint density at radius 2 is 1.77 bits per heavy atom. The van der Waals surface area contributed by atoms with E-state index in [-0.39, 0.29) is 11.9 Å². The SMILES string of the molecule is COc1ccc([C@@H](C)NC(=O)/C(=C/c2ccco2)c2ccccc2)cc1. The molecule has 1 atom stereocenters. The monoisotopic (exact) mass is 347 g/mol. The minimum Gasteiger partial charge on any atom is -0.497 e. The van der Waals surface area contributed by atoms with Crippen LogP contribution in [0.4, 0.5) is 0 Å². The van der Waals surface area contributed by atoms with Gasteiger partial charge >= 0.3 is 0 Å². The van der Waals surface area contributed by atoms with E-state index in [1.807, 2.05) is 67.6 Å². The Kier molecular flexibility index (Phi) is 5.54. The van der Waals surface area contributed by atoms with Crippen LogP contribution >= 0.6 is 0 Å². The molecule has 26 heavy (non-hydrogen) atoms. The lowest BCUT2D eigenvalue weighted by Crippen LogP contribution is -2.27. The molecular weight excluding hydrogens is 326 g/mol. The topological polar surface area (TPSA) is 51.5 Å². The van der Waals surface area contributed by atoms with Gasteiger partial charge in [0.05, 0.1) is 25.0 Å². The lowest BCUT2D eigenvalue weighted by Gasteiger charge is -2.16. The third-order valence-electron chi connectivity index (χ3n) is 4.12. The zero-order chi connectivity index (χ0) is 18.4. The van der Waals surface area contributed by atoms with Crippen LogP contribution in [0.1, 0.15) is 29.9 Å². The Balaban J connectivity index is 1.83. The summed E-state index contributed by atoms with van der Waals surface area (Å²) in [6, 6.07) is 20.7. The van der Waals surface area contributed by atoms with E-state index in [9.17, 15) is 4.79 Å². The fraction of sp³-hybridized carbons (Fsp3) is 0.136. The molecule has 0 spiro atoms. The van der Waals surface area contributed by atoms with Crippen LogP contribution in [0.5, 0.6) is 5.75 Å². The third-order valence-corrected chi connectivity index (χ3v) is 4.12. The number of hydrogen-bond acceptors (Lipinski definition) is 3. The zero-order valence-corrected chi connectivity index (χ0v) is 14.8. The van der Waals surface area contributed by atoms with Crippen molar-refractivity contribution >= 4 is 17.6 Å². The first kappa shape index (κ1) is 17.5. The van der Waals surface area contributed by atoms with Crippen molar-refractivity contribution in [2.24, 2.45) is 0 Å². The molecule has 4 heteroatoms. The Bertz CT molecular complexity index is 866. The van der Waals surface area contributed by atoms with Gasteiger partial charge in [-0.05, 0) is 48.4 Å². The van der Waals surface area contributed by atoms with Crippen LogP contribution in [0.3, 0.4) is 0 Å². The van der Waals surface area contributed by atoms with Crippen LogP contribution in [0.25, 0.3) is 11.6 Å². The van der Waals surface area contributed by atoms with Crippen molar-refractivity contribution in [3.8, 4) is 5.75 Å². The first-order chi connectivity index (χ1) is 12.7. The van der Waals surface area contributed by atoms with E-state index in [1.165, 1.54) is 0 Å². The number of rotatable bonds is 6. The van der Waals surface area contributed by atoms with E-state index in [2.05, 4.69) is 5.32 Å². The van der Waals surface area contributed by atoms with Crippen molar-refractivity contribution < 1.29 is 13.9 Å². The summed E-state index contributed by atoms with van der Waals surface area (Å²) in [4.78, 5) is 12.9. The molecule has 0 bridgehead atoms. The van der Waals surface area contributed by atoms with Crippen molar-refractivity contribution in [1.29, 1.82) is 0 Å². The van der Waals surface area contributed by atoms with Gasteiger partial charge in [0.1, 0.15) is 11.5 Å². The second-order valence-corrected chi connectivity index (χ2v) is 5.91. The van der Waals surface area contributed by atoms with Gasteiger partial charge in [0.25, 0.3) is 5.91 Å². The second kappa shape index (κ2) is 8.21. The highest BCUT2D eigenvalue weighted by Gasteiger charge is 2.16. The van der Waals surface area contributed by atoms with Crippen LogP contribution in [0.15, 0.2) is 77.4 Å². The highest BCUT2D eigenvalue weighted by molar-refractivity contribution is 6.24. The van der Waals surface area contributed by atoms with Crippen molar-refractivity contribution in [3.05, 3.63) is 89.9 Å². The summed E-state index contributed by atoms with van der Waals surface area (Å²) in [6.07, 6.45) is 3.34. The van der Waals surface area contributed by atoms with E-state index in [0.717, 1.165) is 16.9 Å². The maximum Gasteiger partial charge on any atom is 0.252 e. The summed E-state index contributed by atoms with van der Waals surface area (Å²) < 4.78 is 10.6. The number of carbonyl (C=O) groups is 1. The summed E-state index contributed by atoms with van der Waals surface area (Å²) in [7, 11) is 1.63. The molecule has 3 aromatic rings. The average Bonchev–Trinajstić information content (AvgIpc) is 3.20. The molecule has 0 unspecified atom stereocenters. The number of carbonyl (C=O) groups excluding carboxylic acids is 1. The van der Waals surface area contributed by atoms with Crippen molar-refractivity contribution in [2.45, 2.75) is 13.0 Å². The summed E-state index contributed by atoms with van der Waals surface area (Å²) in [5, 5.41) is 3.05. The molecule has 1 N–H and O–H groups in total. The Labute approximate surface area is 153 Å². The molecule has 1 heterocycles. The van der Waals surface area contributed by atoms with Crippen molar-refractivity contribution in [1.82, 2.24) is 5.32 Å². The maximum absolute atomic E-state index is 12.9. The van der Waals surface area contributed by atoms with Crippen LogP contribution in [-0.2, 0) is 4.79 Å². The molecule has 0 saturated carbocycles. The molecule has 0 fully saturated rings. The van der Waals surface area contributed by atoms with Gasteiger partial charge in [0, 0.05) is 0 Å². The van der Waals surface area contributed by atoms with E-state index >= 15 is 0 Å². The van der Waals surface area contributed by atoms with E-state index in [4.69, 9.17) is 9.15 Å². The second-order valence-electron chi connectivity index (χ2n) is 5.91. The molecule has 0 aliphatic carbocycles. The normalized spacial score (nSPS) is 12.5. The molecule has 3 rings (SSSR count). The summed E-state index contributed by atoms with van der Waals surface area (Å²) in [6.45, 7) is 1.95. The number of furan rings is 1. The lowest BCUT2D eigenvalue weighted by atomic mass is 10.0. The van der Waals surface area contributed by atoms with Gasteiger partial charge in [-0.2, -0.15) is 0 Å². The molecule has 0 aliphatic heterocycles. The van der Waals surface area contributed by atoms with Crippen LogP contribution in [-0.4, -0.2) is 13.0 Å². The maximum atomic E-state index is 12.9. The predicted molar refractivity (Wildman–Crippen MR) is 103 cm³/mol. The van der Waals surface area contributed by atoms with Crippen LogP contribution < -0.4 is 10.1 Å². The number of methoxy groups -OCH3 is 1. The Morgan fingerprint density at radius 3 is 2.38 bits per heavy atom. The minimum atomic E-state index is -0.157. The average molecular weight is 347 g/mol. The highest BCUT2D eigenvalue weighted by atomic mass is 16.5. The molecule has 1 aromatic heterocycles. The van der Waals surface area contributed by atoms with Gasteiger partial charge in [-0.3, -0.25) is 4.79 Å². The number of nitrogens with one attached hydrogen (secondary N) is 1. The van der Waals surface area contributed by atoms with Gasteiger partial charge in [0.2, 0.25) is 0 Å². The number of ether oxygens (including phenoxy) is 1. The zero-order valence-electron chi connectivity index (χ0n) is 14.8. The smallest absolute Gasteiger partial charge is 0.252 e. The van der Waals surface area contributed by atoms with Gasteiger partial charge in [-0.15, -0.1) is 0 Å². The van der Waals surface area contributed by atoms with Crippen LogP contribution in [0, 0.1) is 0 Å². The predicted octanol–water partition coefficient (Wildman–Crippen LogP) is 4.71. The van der Waals surface area contributed by atoms with Gasteiger partial charge in [-0.25, -0.2) is 0 Å². The molecule has 0 saturated heterocycles. The summed E-state index contributed by atoms with van der Waals surface area (Å²) in [5.41, 5.74) is 2.40. The van der Waals surface area contributed by atoms with E-state index in [1.54, 1.807) is 25.5 Å². The summed E-state index contributed by atoms with van der Waals surface area (Å²) >= 11 is 0. The first-order valence-corrected chi connectivity index (χ1v) is 8.43. The van der Waals surface area contributed by atoms with Gasteiger partial charge < -0.3 is 14.5 Å². The number of benzene rings is 2. The highest BCUT2D eigenvalue weighted by Crippen LogP contribution is 2.22. The lowest BCUT2D eigenvalue weighted by molar-refractivity contribution is -0.116. The standard InChI is InChI=1S/C22H21NO3/c1-16(17-10-12-19(25-2)13-11-17)23-22(24)21(15-20-9-6-14-26-20)18-7-4-3-5-8-18/h3-16H,1-2H3,(H,23,24)/b21-15+/t16-/m1/s1.